The van der Waals surface area contributed by atoms with E-state index in [1.54, 1.807) is 32.0 Å². The first kappa shape index (κ1) is 12.4. The molecule has 0 radical (unpaired) electrons. The van der Waals surface area contributed by atoms with Crippen LogP contribution in [0.4, 0.5) is 5.82 Å². The van der Waals surface area contributed by atoms with Gasteiger partial charge in [0.25, 0.3) is 0 Å². The summed E-state index contributed by atoms with van der Waals surface area (Å²) in [6.45, 7) is 3.34. The summed E-state index contributed by atoms with van der Waals surface area (Å²) >= 11 is 4.81. The summed E-state index contributed by atoms with van der Waals surface area (Å²) in [6, 6.07) is 5.16. The number of hydrogen-bond donors (Lipinski definition) is 3. The minimum Gasteiger partial charge on any atom is -0.388 e. The molecule has 0 saturated heterocycles. The van der Waals surface area contributed by atoms with Crippen LogP contribution >= 0.6 is 12.2 Å². The normalized spacial score (nSPS) is 10.9. The average Bonchev–Trinajstić information content (AvgIpc) is 2.17. The monoisotopic (exact) mass is 238 g/mol. The molecule has 86 valence electrons. The van der Waals surface area contributed by atoms with Gasteiger partial charge in [-0.05, 0) is 26.0 Å². The lowest BCUT2D eigenvalue weighted by atomic mass is 10.1. The summed E-state index contributed by atoms with van der Waals surface area (Å²) in [5, 5.41) is 2.91. The highest BCUT2D eigenvalue weighted by molar-refractivity contribution is 7.80. The van der Waals surface area contributed by atoms with Crippen LogP contribution in [-0.2, 0) is 4.79 Å². The Kier molecular flexibility index (Phi) is 3.44. The van der Waals surface area contributed by atoms with E-state index in [2.05, 4.69) is 10.3 Å². The number of anilines is 1. The number of pyridine rings is 1. The van der Waals surface area contributed by atoms with Crippen molar-refractivity contribution in [3.8, 4) is 0 Å². The number of hydrogen-bond acceptors (Lipinski definition) is 4. The number of carbonyl (C=O) groups excluding carboxylic acids is 1. The largest absolute Gasteiger partial charge is 0.388 e. The molecule has 0 fully saturated rings. The van der Waals surface area contributed by atoms with Gasteiger partial charge in [0.15, 0.2) is 0 Å². The first-order chi connectivity index (χ1) is 7.33. The van der Waals surface area contributed by atoms with E-state index in [9.17, 15) is 4.79 Å². The third-order valence-corrected chi connectivity index (χ3v) is 2.27. The van der Waals surface area contributed by atoms with Crippen LogP contribution in [0, 0.1) is 0 Å². The fraction of sp³-hybridized carbons (Fsp3) is 0.300. The Hall–Kier alpha value is -1.69. The molecule has 16 heavy (non-hydrogen) atoms. The number of nitrogens with two attached hydrogens (primary N) is 2. The average molecular weight is 238 g/mol. The summed E-state index contributed by atoms with van der Waals surface area (Å²) < 4.78 is 0. The van der Waals surface area contributed by atoms with Gasteiger partial charge in [-0.15, -0.1) is 0 Å². The maximum Gasteiger partial charge on any atom is 0.242 e. The lowest BCUT2D eigenvalue weighted by molar-refractivity contribution is -0.121. The molecule has 5 N–H and O–H groups in total. The van der Waals surface area contributed by atoms with Crippen molar-refractivity contribution in [1.82, 2.24) is 4.98 Å². The Morgan fingerprint density at radius 3 is 2.56 bits per heavy atom. The van der Waals surface area contributed by atoms with Crippen LogP contribution in [0.25, 0.3) is 0 Å². The number of nitrogens with one attached hydrogen (secondary N) is 1. The zero-order valence-electron chi connectivity index (χ0n) is 9.15. The van der Waals surface area contributed by atoms with Crippen LogP contribution in [0.15, 0.2) is 18.2 Å². The topological polar surface area (TPSA) is 94.0 Å². The molecular formula is C10H14N4OS. The Morgan fingerprint density at radius 1 is 1.44 bits per heavy atom. The van der Waals surface area contributed by atoms with Crippen LogP contribution in [0.5, 0.6) is 0 Å². The van der Waals surface area contributed by atoms with Crippen LogP contribution in [0.3, 0.4) is 0 Å². The minimum atomic E-state index is -0.873. The van der Waals surface area contributed by atoms with Gasteiger partial charge in [0, 0.05) is 0 Å². The Balaban J connectivity index is 2.94. The molecule has 0 aliphatic rings. The molecule has 0 bridgehead atoms. The summed E-state index contributed by atoms with van der Waals surface area (Å²) in [4.78, 5) is 15.5. The molecular weight excluding hydrogens is 224 g/mol. The van der Waals surface area contributed by atoms with Crippen molar-refractivity contribution in [1.29, 1.82) is 0 Å². The van der Waals surface area contributed by atoms with Crippen LogP contribution in [-0.4, -0.2) is 21.4 Å². The van der Waals surface area contributed by atoms with Crippen molar-refractivity contribution in [2.75, 3.05) is 5.32 Å². The SMILES string of the molecule is CC(C)(Nc1cccc(C(N)=S)n1)C(N)=O. The molecule has 0 saturated carbocycles. The predicted octanol–water partition coefficient (Wildman–Crippen LogP) is 0.392. The summed E-state index contributed by atoms with van der Waals surface area (Å²) in [7, 11) is 0. The van der Waals surface area contributed by atoms with Crippen LogP contribution in [0.1, 0.15) is 19.5 Å². The van der Waals surface area contributed by atoms with Gasteiger partial charge < -0.3 is 16.8 Å². The smallest absolute Gasteiger partial charge is 0.242 e. The molecule has 1 heterocycles. The van der Waals surface area contributed by atoms with E-state index in [0.717, 1.165) is 0 Å². The van der Waals surface area contributed by atoms with Gasteiger partial charge in [-0.1, -0.05) is 18.3 Å². The molecule has 0 spiro atoms. The number of rotatable bonds is 4. The maximum atomic E-state index is 11.1. The number of carbonyl (C=O) groups is 1. The Morgan fingerprint density at radius 2 is 2.06 bits per heavy atom. The van der Waals surface area contributed by atoms with E-state index < -0.39 is 11.4 Å². The number of thiocarbonyl (C=S) groups is 1. The van der Waals surface area contributed by atoms with Gasteiger partial charge in [-0.3, -0.25) is 4.79 Å². The Bertz CT molecular complexity index is 431. The highest BCUT2D eigenvalue weighted by Crippen LogP contribution is 2.12. The van der Waals surface area contributed by atoms with E-state index in [1.807, 2.05) is 0 Å². The van der Waals surface area contributed by atoms with Crippen LogP contribution in [0.2, 0.25) is 0 Å². The van der Waals surface area contributed by atoms with Gasteiger partial charge >= 0.3 is 0 Å². The highest BCUT2D eigenvalue weighted by atomic mass is 32.1. The predicted molar refractivity (Wildman–Crippen MR) is 67.0 cm³/mol. The van der Waals surface area contributed by atoms with E-state index in [-0.39, 0.29) is 4.99 Å². The molecule has 1 rings (SSSR count). The number of primary amides is 1. The first-order valence-corrected chi connectivity index (χ1v) is 5.09. The standard InChI is InChI=1S/C10H14N4OS/c1-10(2,9(12)15)14-7-5-3-4-6(13-7)8(11)16/h3-5H,1-2H3,(H2,11,16)(H2,12,15)(H,13,14). The van der Waals surface area contributed by atoms with Crippen molar-refractivity contribution in [2.24, 2.45) is 11.5 Å². The van der Waals surface area contributed by atoms with E-state index in [1.165, 1.54) is 0 Å². The molecule has 1 aromatic rings. The van der Waals surface area contributed by atoms with Gasteiger partial charge in [-0.25, -0.2) is 4.98 Å². The van der Waals surface area contributed by atoms with Crippen molar-refractivity contribution >= 4 is 28.9 Å². The quantitative estimate of drug-likeness (QED) is 0.660. The molecule has 0 unspecified atom stereocenters. The molecule has 0 aliphatic carbocycles. The fourth-order valence-electron chi connectivity index (χ4n) is 1.02. The van der Waals surface area contributed by atoms with Gasteiger partial charge in [0.05, 0.1) is 5.69 Å². The van der Waals surface area contributed by atoms with Gasteiger partial charge in [0.2, 0.25) is 5.91 Å². The summed E-state index contributed by atoms with van der Waals surface area (Å²) in [5.41, 5.74) is 10.3. The number of amides is 1. The van der Waals surface area contributed by atoms with Crippen molar-refractivity contribution in [2.45, 2.75) is 19.4 Å². The second-order valence-corrected chi connectivity index (χ2v) is 4.33. The van der Waals surface area contributed by atoms with Crippen LogP contribution < -0.4 is 16.8 Å². The van der Waals surface area contributed by atoms with Crippen molar-refractivity contribution < 1.29 is 4.79 Å². The number of nitrogens with zero attached hydrogens (tertiary/aromatic N) is 1. The molecule has 5 nitrogen and oxygen atoms in total. The molecule has 6 heteroatoms. The zero-order valence-corrected chi connectivity index (χ0v) is 9.97. The molecule has 1 aromatic heterocycles. The summed E-state index contributed by atoms with van der Waals surface area (Å²) in [6.07, 6.45) is 0. The van der Waals surface area contributed by atoms with Crippen molar-refractivity contribution in [3.05, 3.63) is 23.9 Å². The molecule has 0 aromatic carbocycles. The van der Waals surface area contributed by atoms with Crippen molar-refractivity contribution in [3.63, 3.8) is 0 Å². The minimum absolute atomic E-state index is 0.209. The van der Waals surface area contributed by atoms with E-state index >= 15 is 0 Å². The second kappa shape index (κ2) is 4.44. The highest BCUT2D eigenvalue weighted by Gasteiger charge is 2.24. The fourth-order valence-corrected chi connectivity index (χ4v) is 1.14. The second-order valence-electron chi connectivity index (χ2n) is 3.89. The molecule has 1 amide bonds. The molecule has 0 aliphatic heterocycles. The third kappa shape index (κ3) is 2.90. The Labute approximate surface area is 99.2 Å². The van der Waals surface area contributed by atoms with E-state index in [4.69, 9.17) is 23.7 Å². The lowest BCUT2D eigenvalue weighted by Crippen LogP contribution is -2.45. The van der Waals surface area contributed by atoms with E-state index in [0.29, 0.717) is 11.5 Å². The zero-order chi connectivity index (χ0) is 12.3. The third-order valence-electron chi connectivity index (χ3n) is 2.06. The lowest BCUT2D eigenvalue weighted by Gasteiger charge is -2.23. The van der Waals surface area contributed by atoms with Gasteiger partial charge in [0.1, 0.15) is 16.3 Å². The number of aromatic nitrogens is 1. The van der Waals surface area contributed by atoms with Gasteiger partial charge in [-0.2, -0.15) is 0 Å². The first-order valence-electron chi connectivity index (χ1n) is 4.68. The molecule has 0 atom stereocenters. The maximum absolute atomic E-state index is 11.1. The summed E-state index contributed by atoms with van der Waals surface area (Å²) in [5.74, 6) is 0.0455.